The molecule has 0 radical (unpaired) electrons. The maximum absolute atomic E-state index is 12.0. The van der Waals surface area contributed by atoms with Crippen molar-refractivity contribution in [1.29, 1.82) is 0 Å². The number of carbonyl (C=O) groups excluding carboxylic acids is 1. The lowest BCUT2D eigenvalue weighted by Crippen LogP contribution is -2.22. The zero-order valence-corrected chi connectivity index (χ0v) is 12.3. The standard InChI is InChI=1S/C16H14N2O2S/c1-11-4-6-13(20-11)10-18-16(19)12-5-7-14(17-9-12)15-3-2-8-21-15/h2-9H,10H2,1H3,(H,18,19). The van der Waals surface area contributed by atoms with Gasteiger partial charge in [-0.15, -0.1) is 11.3 Å². The monoisotopic (exact) mass is 298 g/mol. The Balaban J connectivity index is 1.65. The van der Waals surface area contributed by atoms with E-state index in [-0.39, 0.29) is 5.91 Å². The second-order valence-corrected chi connectivity index (χ2v) is 5.55. The molecule has 3 aromatic rings. The normalized spacial score (nSPS) is 10.5. The number of carbonyl (C=O) groups is 1. The lowest BCUT2D eigenvalue weighted by atomic mass is 10.2. The molecule has 0 atom stereocenters. The van der Waals surface area contributed by atoms with Crippen LogP contribution in [0, 0.1) is 6.92 Å². The first-order valence-corrected chi connectivity index (χ1v) is 7.44. The summed E-state index contributed by atoms with van der Waals surface area (Å²) in [6.07, 6.45) is 1.60. The fourth-order valence-electron chi connectivity index (χ4n) is 1.95. The summed E-state index contributed by atoms with van der Waals surface area (Å²) >= 11 is 1.62. The molecule has 0 aromatic carbocycles. The molecule has 3 rings (SSSR count). The molecule has 0 saturated carbocycles. The first kappa shape index (κ1) is 13.6. The molecule has 1 amide bonds. The molecule has 0 fully saturated rings. The van der Waals surface area contributed by atoms with Crippen molar-refractivity contribution in [1.82, 2.24) is 10.3 Å². The van der Waals surface area contributed by atoms with E-state index in [0.717, 1.165) is 22.1 Å². The summed E-state index contributed by atoms with van der Waals surface area (Å²) < 4.78 is 5.41. The molecule has 0 bridgehead atoms. The van der Waals surface area contributed by atoms with E-state index >= 15 is 0 Å². The minimum Gasteiger partial charge on any atom is -0.465 e. The number of rotatable bonds is 4. The molecule has 4 nitrogen and oxygen atoms in total. The molecule has 21 heavy (non-hydrogen) atoms. The second kappa shape index (κ2) is 5.93. The number of pyridine rings is 1. The number of nitrogens with zero attached hydrogens (tertiary/aromatic N) is 1. The molecule has 1 N–H and O–H groups in total. The molecule has 3 aromatic heterocycles. The summed E-state index contributed by atoms with van der Waals surface area (Å²) in [7, 11) is 0. The van der Waals surface area contributed by atoms with Gasteiger partial charge in [-0.2, -0.15) is 0 Å². The average Bonchev–Trinajstić information content (AvgIpc) is 3.16. The van der Waals surface area contributed by atoms with Crippen LogP contribution < -0.4 is 5.32 Å². The minimum atomic E-state index is -0.158. The molecule has 3 heterocycles. The molecule has 0 saturated heterocycles. The number of aryl methyl sites for hydroxylation is 1. The molecule has 0 unspecified atom stereocenters. The zero-order valence-electron chi connectivity index (χ0n) is 11.5. The molecule has 0 aliphatic heterocycles. The molecule has 0 spiro atoms. The van der Waals surface area contributed by atoms with Crippen LogP contribution in [0.15, 0.2) is 52.4 Å². The highest BCUT2D eigenvalue weighted by Crippen LogP contribution is 2.22. The van der Waals surface area contributed by atoms with Crippen LogP contribution in [0.1, 0.15) is 21.9 Å². The Hall–Kier alpha value is -2.40. The quantitative estimate of drug-likeness (QED) is 0.800. The Labute approximate surface area is 126 Å². The van der Waals surface area contributed by atoms with Gasteiger partial charge in [0.2, 0.25) is 0 Å². The minimum absolute atomic E-state index is 0.158. The lowest BCUT2D eigenvalue weighted by Gasteiger charge is -2.04. The number of hydrogen-bond acceptors (Lipinski definition) is 4. The molecular formula is C16H14N2O2S. The van der Waals surface area contributed by atoms with Crippen LogP contribution in [0.25, 0.3) is 10.6 Å². The third-order valence-corrected chi connectivity index (χ3v) is 3.91. The summed E-state index contributed by atoms with van der Waals surface area (Å²) in [5.41, 5.74) is 1.42. The van der Waals surface area contributed by atoms with Crippen LogP contribution in [-0.2, 0) is 6.54 Å². The van der Waals surface area contributed by atoms with E-state index in [0.29, 0.717) is 12.1 Å². The van der Waals surface area contributed by atoms with Crippen LogP contribution >= 0.6 is 11.3 Å². The summed E-state index contributed by atoms with van der Waals surface area (Å²) in [4.78, 5) is 17.5. The Morgan fingerprint density at radius 2 is 2.19 bits per heavy atom. The summed E-state index contributed by atoms with van der Waals surface area (Å²) in [5, 5.41) is 4.82. The smallest absolute Gasteiger partial charge is 0.253 e. The van der Waals surface area contributed by atoms with Gasteiger partial charge in [0, 0.05) is 6.20 Å². The fourth-order valence-corrected chi connectivity index (χ4v) is 2.65. The number of nitrogens with one attached hydrogen (secondary N) is 1. The number of furan rings is 1. The molecular weight excluding hydrogens is 284 g/mol. The van der Waals surface area contributed by atoms with Gasteiger partial charge in [0.15, 0.2) is 0 Å². The van der Waals surface area contributed by atoms with Crippen molar-refractivity contribution < 1.29 is 9.21 Å². The third kappa shape index (κ3) is 3.20. The van der Waals surface area contributed by atoms with E-state index in [4.69, 9.17) is 4.42 Å². The molecule has 5 heteroatoms. The first-order valence-electron chi connectivity index (χ1n) is 6.56. The molecule has 0 aliphatic carbocycles. The second-order valence-electron chi connectivity index (χ2n) is 4.60. The van der Waals surface area contributed by atoms with E-state index in [9.17, 15) is 4.79 Å². The van der Waals surface area contributed by atoms with Crippen LogP contribution in [0.5, 0.6) is 0 Å². The maximum Gasteiger partial charge on any atom is 0.253 e. The fraction of sp³-hybridized carbons (Fsp3) is 0.125. The van der Waals surface area contributed by atoms with Crippen LogP contribution in [0.3, 0.4) is 0 Å². The number of hydrogen-bond donors (Lipinski definition) is 1. The van der Waals surface area contributed by atoms with Gasteiger partial charge in [0.25, 0.3) is 5.91 Å². The van der Waals surface area contributed by atoms with Crippen molar-refractivity contribution in [2.75, 3.05) is 0 Å². The van der Waals surface area contributed by atoms with Crippen molar-refractivity contribution in [3.05, 3.63) is 65.1 Å². The van der Waals surface area contributed by atoms with Gasteiger partial charge in [-0.25, -0.2) is 0 Å². The molecule has 106 valence electrons. The highest BCUT2D eigenvalue weighted by molar-refractivity contribution is 7.13. The first-order chi connectivity index (χ1) is 10.2. The largest absolute Gasteiger partial charge is 0.465 e. The van der Waals surface area contributed by atoms with Crippen molar-refractivity contribution in [2.24, 2.45) is 0 Å². The van der Waals surface area contributed by atoms with Crippen molar-refractivity contribution in [2.45, 2.75) is 13.5 Å². The zero-order chi connectivity index (χ0) is 14.7. The van der Waals surface area contributed by atoms with Crippen LogP contribution in [0.2, 0.25) is 0 Å². The average molecular weight is 298 g/mol. The summed E-state index contributed by atoms with van der Waals surface area (Å²) in [6.45, 7) is 2.25. The Morgan fingerprint density at radius 3 is 2.81 bits per heavy atom. The van der Waals surface area contributed by atoms with E-state index in [1.807, 2.05) is 42.6 Å². The van der Waals surface area contributed by atoms with E-state index in [1.165, 1.54) is 0 Å². The third-order valence-electron chi connectivity index (χ3n) is 3.02. The van der Waals surface area contributed by atoms with Crippen molar-refractivity contribution >= 4 is 17.2 Å². The van der Waals surface area contributed by atoms with Crippen molar-refractivity contribution in [3.63, 3.8) is 0 Å². The topological polar surface area (TPSA) is 55.1 Å². The summed E-state index contributed by atoms with van der Waals surface area (Å²) in [5.74, 6) is 1.42. The van der Waals surface area contributed by atoms with Gasteiger partial charge in [0.05, 0.1) is 22.7 Å². The SMILES string of the molecule is Cc1ccc(CNC(=O)c2ccc(-c3cccs3)nc2)o1. The molecule has 0 aliphatic rings. The highest BCUT2D eigenvalue weighted by atomic mass is 32.1. The number of amides is 1. The van der Waals surface area contributed by atoms with E-state index in [2.05, 4.69) is 10.3 Å². The predicted molar refractivity (Wildman–Crippen MR) is 82.2 cm³/mol. The van der Waals surface area contributed by atoms with Gasteiger partial charge < -0.3 is 9.73 Å². The predicted octanol–water partition coefficient (Wildman–Crippen LogP) is 3.64. The number of aromatic nitrogens is 1. The maximum atomic E-state index is 12.0. The van der Waals surface area contributed by atoms with E-state index < -0.39 is 0 Å². The Kier molecular flexibility index (Phi) is 3.83. The number of thiophene rings is 1. The van der Waals surface area contributed by atoms with Crippen LogP contribution in [0.4, 0.5) is 0 Å². The van der Waals surface area contributed by atoms with Gasteiger partial charge in [0.1, 0.15) is 11.5 Å². The van der Waals surface area contributed by atoms with Crippen LogP contribution in [-0.4, -0.2) is 10.9 Å². The summed E-state index contributed by atoms with van der Waals surface area (Å²) in [6, 6.07) is 11.4. The van der Waals surface area contributed by atoms with Crippen molar-refractivity contribution in [3.8, 4) is 10.6 Å². The highest BCUT2D eigenvalue weighted by Gasteiger charge is 2.08. The Morgan fingerprint density at radius 1 is 1.29 bits per heavy atom. The van der Waals surface area contributed by atoms with Gasteiger partial charge >= 0.3 is 0 Å². The van der Waals surface area contributed by atoms with Gasteiger partial charge in [-0.3, -0.25) is 9.78 Å². The van der Waals surface area contributed by atoms with Gasteiger partial charge in [-0.05, 0) is 42.6 Å². The van der Waals surface area contributed by atoms with Gasteiger partial charge in [-0.1, -0.05) is 6.07 Å². The lowest BCUT2D eigenvalue weighted by molar-refractivity contribution is 0.0947. The Bertz CT molecular complexity index is 730. The van der Waals surface area contributed by atoms with E-state index in [1.54, 1.807) is 23.6 Å².